The predicted molar refractivity (Wildman–Crippen MR) is 88.6 cm³/mol. The van der Waals surface area contributed by atoms with Crippen molar-refractivity contribution in [2.45, 2.75) is 58.4 Å². The summed E-state index contributed by atoms with van der Waals surface area (Å²) in [6, 6.07) is 8.94. The molecule has 0 radical (unpaired) electrons. The average Bonchev–Trinajstić information content (AvgIpc) is 2.55. The van der Waals surface area contributed by atoms with Gasteiger partial charge in [0.1, 0.15) is 0 Å². The van der Waals surface area contributed by atoms with Crippen molar-refractivity contribution >= 4 is 11.6 Å². The highest BCUT2D eigenvalue weighted by Gasteiger charge is 2.24. The van der Waals surface area contributed by atoms with E-state index in [1.807, 2.05) is 0 Å². The Morgan fingerprint density at radius 1 is 1.24 bits per heavy atom. The minimum absolute atomic E-state index is 0.305. The Morgan fingerprint density at radius 2 is 2.00 bits per heavy atom. The Balaban J connectivity index is 1.77. The first kappa shape index (κ1) is 15.9. The SMILES string of the molecule is CCc1ccc(NCCC(=O)N2CCCCC2CC)cc1. The van der Waals surface area contributed by atoms with Gasteiger partial charge in [-0.25, -0.2) is 0 Å². The Bertz CT molecular complexity index is 441. The molecule has 0 saturated carbocycles. The van der Waals surface area contributed by atoms with Gasteiger partial charge in [-0.2, -0.15) is 0 Å². The lowest BCUT2D eigenvalue weighted by atomic mass is 9.99. The number of carbonyl (C=O) groups is 1. The molecule has 3 nitrogen and oxygen atoms in total. The smallest absolute Gasteiger partial charge is 0.224 e. The van der Waals surface area contributed by atoms with Crippen LogP contribution in [-0.4, -0.2) is 29.9 Å². The molecule has 0 spiro atoms. The number of hydrogen-bond donors (Lipinski definition) is 1. The molecule has 1 N–H and O–H groups in total. The molecule has 1 aliphatic rings. The number of aryl methyl sites for hydroxylation is 1. The van der Waals surface area contributed by atoms with Crippen LogP contribution in [0.4, 0.5) is 5.69 Å². The van der Waals surface area contributed by atoms with Crippen LogP contribution in [0.5, 0.6) is 0 Å². The molecule has 116 valence electrons. The summed E-state index contributed by atoms with van der Waals surface area (Å²) in [5.74, 6) is 0.305. The van der Waals surface area contributed by atoms with Crippen LogP contribution >= 0.6 is 0 Å². The van der Waals surface area contributed by atoms with Gasteiger partial charge in [0.2, 0.25) is 5.91 Å². The maximum atomic E-state index is 12.3. The number of nitrogens with zero attached hydrogens (tertiary/aromatic N) is 1. The molecule has 1 amide bonds. The van der Waals surface area contributed by atoms with E-state index in [1.165, 1.54) is 18.4 Å². The first-order valence-corrected chi connectivity index (χ1v) is 8.36. The topological polar surface area (TPSA) is 32.3 Å². The number of nitrogens with one attached hydrogen (secondary N) is 1. The van der Waals surface area contributed by atoms with Crippen LogP contribution in [0.1, 0.15) is 51.5 Å². The summed E-state index contributed by atoms with van der Waals surface area (Å²) < 4.78 is 0. The summed E-state index contributed by atoms with van der Waals surface area (Å²) in [7, 11) is 0. The van der Waals surface area contributed by atoms with E-state index in [0.29, 0.717) is 18.4 Å². The van der Waals surface area contributed by atoms with E-state index in [0.717, 1.165) is 38.0 Å². The highest BCUT2D eigenvalue weighted by Crippen LogP contribution is 2.20. The molecule has 0 bridgehead atoms. The largest absolute Gasteiger partial charge is 0.385 e. The minimum Gasteiger partial charge on any atom is -0.385 e. The number of anilines is 1. The third-order valence-electron chi connectivity index (χ3n) is 4.45. The number of likely N-dealkylation sites (tertiary alicyclic amines) is 1. The fourth-order valence-electron chi connectivity index (χ4n) is 3.07. The van der Waals surface area contributed by atoms with Gasteiger partial charge in [0.05, 0.1) is 0 Å². The molecule has 0 aliphatic carbocycles. The molecule has 1 heterocycles. The van der Waals surface area contributed by atoms with Gasteiger partial charge in [0.25, 0.3) is 0 Å². The lowest BCUT2D eigenvalue weighted by Gasteiger charge is -2.35. The van der Waals surface area contributed by atoms with Crippen LogP contribution in [-0.2, 0) is 11.2 Å². The Hall–Kier alpha value is -1.51. The summed E-state index contributed by atoms with van der Waals surface area (Å²) in [6.45, 7) is 6.01. The van der Waals surface area contributed by atoms with Crippen LogP contribution in [0.15, 0.2) is 24.3 Å². The quantitative estimate of drug-likeness (QED) is 0.862. The molecule has 1 aromatic carbocycles. The summed E-state index contributed by atoms with van der Waals surface area (Å²) in [4.78, 5) is 14.4. The highest BCUT2D eigenvalue weighted by atomic mass is 16.2. The molecule has 0 aromatic heterocycles. The van der Waals surface area contributed by atoms with Gasteiger partial charge < -0.3 is 10.2 Å². The molecule has 1 aromatic rings. The number of benzene rings is 1. The fourth-order valence-corrected chi connectivity index (χ4v) is 3.07. The maximum Gasteiger partial charge on any atom is 0.224 e. The molecular formula is C18H28N2O. The van der Waals surface area contributed by atoms with Crippen molar-refractivity contribution < 1.29 is 4.79 Å². The number of hydrogen-bond acceptors (Lipinski definition) is 2. The fraction of sp³-hybridized carbons (Fsp3) is 0.611. The number of piperidine rings is 1. The minimum atomic E-state index is 0.305. The van der Waals surface area contributed by atoms with Crippen molar-refractivity contribution in [1.82, 2.24) is 4.90 Å². The van der Waals surface area contributed by atoms with Crippen molar-refractivity contribution in [2.24, 2.45) is 0 Å². The number of rotatable bonds is 6. The van der Waals surface area contributed by atoms with E-state index in [9.17, 15) is 4.79 Å². The number of amides is 1. The molecular weight excluding hydrogens is 260 g/mol. The Morgan fingerprint density at radius 3 is 2.67 bits per heavy atom. The Kier molecular flexibility index (Phi) is 6.09. The van der Waals surface area contributed by atoms with Crippen LogP contribution in [0.25, 0.3) is 0 Å². The zero-order valence-electron chi connectivity index (χ0n) is 13.4. The van der Waals surface area contributed by atoms with Crippen molar-refractivity contribution in [3.63, 3.8) is 0 Å². The van der Waals surface area contributed by atoms with Gasteiger partial charge in [-0.15, -0.1) is 0 Å². The molecule has 1 atom stereocenters. The lowest BCUT2D eigenvalue weighted by molar-refractivity contribution is -0.134. The molecule has 1 aliphatic heterocycles. The second-order valence-electron chi connectivity index (χ2n) is 5.87. The standard InChI is InChI=1S/C18H28N2O/c1-3-15-8-10-16(11-9-15)19-13-12-18(21)20-14-6-5-7-17(20)4-2/h8-11,17,19H,3-7,12-14H2,1-2H3. The van der Waals surface area contributed by atoms with Gasteiger partial charge in [0, 0.05) is 31.2 Å². The van der Waals surface area contributed by atoms with Crippen molar-refractivity contribution in [3.05, 3.63) is 29.8 Å². The molecule has 2 rings (SSSR count). The lowest BCUT2D eigenvalue weighted by Crippen LogP contribution is -2.43. The van der Waals surface area contributed by atoms with Crippen molar-refractivity contribution in [2.75, 3.05) is 18.4 Å². The Labute approximate surface area is 128 Å². The molecule has 1 unspecified atom stereocenters. The third kappa shape index (κ3) is 4.48. The second kappa shape index (κ2) is 8.06. The molecule has 21 heavy (non-hydrogen) atoms. The van der Waals surface area contributed by atoms with Crippen molar-refractivity contribution in [3.8, 4) is 0 Å². The van der Waals surface area contributed by atoms with Crippen molar-refractivity contribution in [1.29, 1.82) is 0 Å². The third-order valence-corrected chi connectivity index (χ3v) is 4.45. The van der Waals surface area contributed by atoms with Gasteiger partial charge >= 0.3 is 0 Å². The van der Waals surface area contributed by atoms with Gasteiger partial charge in [-0.3, -0.25) is 4.79 Å². The summed E-state index contributed by atoms with van der Waals surface area (Å²) in [5, 5.41) is 3.35. The first-order valence-electron chi connectivity index (χ1n) is 8.36. The van der Waals surface area contributed by atoms with Gasteiger partial charge in [-0.05, 0) is 49.8 Å². The van der Waals surface area contributed by atoms with Crippen LogP contribution in [0, 0.1) is 0 Å². The normalized spacial score (nSPS) is 18.6. The van der Waals surface area contributed by atoms with E-state index >= 15 is 0 Å². The number of carbonyl (C=O) groups excluding carboxylic acids is 1. The van der Waals surface area contributed by atoms with E-state index in [-0.39, 0.29) is 0 Å². The maximum absolute atomic E-state index is 12.3. The van der Waals surface area contributed by atoms with E-state index in [2.05, 4.69) is 48.3 Å². The van der Waals surface area contributed by atoms with Crippen LogP contribution in [0.3, 0.4) is 0 Å². The average molecular weight is 288 g/mol. The zero-order valence-corrected chi connectivity index (χ0v) is 13.4. The summed E-state index contributed by atoms with van der Waals surface area (Å²) >= 11 is 0. The zero-order chi connectivity index (χ0) is 15.1. The predicted octanol–water partition coefficient (Wildman–Crippen LogP) is 3.84. The molecule has 1 fully saturated rings. The van der Waals surface area contributed by atoms with Gasteiger partial charge in [0.15, 0.2) is 0 Å². The van der Waals surface area contributed by atoms with E-state index in [1.54, 1.807) is 0 Å². The summed E-state index contributed by atoms with van der Waals surface area (Å²) in [5.41, 5.74) is 2.45. The highest BCUT2D eigenvalue weighted by molar-refractivity contribution is 5.77. The molecule has 1 saturated heterocycles. The van der Waals surface area contributed by atoms with Gasteiger partial charge in [-0.1, -0.05) is 26.0 Å². The van der Waals surface area contributed by atoms with Crippen LogP contribution in [0.2, 0.25) is 0 Å². The molecule has 3 heteroatoms. The van der Waals surface area contributed by atoms with Crippen LogP contribution < -0.4 is 5.32 Å². The van der Waals surface area contributed by atoms with E-state index < -0.39 is 0 Å². The second-order valence-corrected chi connectivity index (χ2v) is 5.87. The first-order chi connectivity index (χ1) is 10.2. The monoisotopic (exact) mass is 288 g/mol. The summed E-state index contributed by atoms with van der Waals surface area (Å²) in [6.07, 6.45) is 6.34. The van der Waals surface area contributed by atoms with E-state index in [4.69, 9.17) is 0 Å².